The normalized spacial score (nSPS) is 23.9. The average molecular weight is 257 g/mol. The van der Waals surface area contributed by atoms with Crippen molar-refractivity contribution in [3.05, 3.63) is 30.0 Å². The number of aryl methyl sites for hydroxylation is 1. The number of piperidine rings is 1. The van der Waals surface area contributed by atoms with Gasteiger partial charge in [-0.25, -0.2) is 0 Å². The maximum Gasteiger partial charge on any atom is 0.0718 e. The smallest absolute Gasteiger partial charge is 0.0718 e. The topological polar surface area (TPSA) is 29.9 Å². The molecule has 1 aromatic heterocycles. The molecule has 1 N–H and O–H groups in total. The number of nitrogens with zero attached hydrogens (tertiary/aromatic N) is 2. The van der Waals surface area contributed by atoms with E-state index in [-0.39, 0.29) is 0 Å². The number of rotatable bonds is 3. The Morgan fingerprint density at radius 2 is 2.16 bits per heavy atom. The summed E-state index contributed by atoms with van der Waals surface area (Å²) < 4.78 is 2.12. The number of nitrogens with one attached hydrogen (secondary N) is 1. The van der Waals surface area contributed by atoms with Crippen LogP contribution in [-0.2, 0) is 13.0 Å². The molecular weight excluding hydrogens is 234 g/mol. The second-order valence-corrected chi connectivity index (χ2v) is 5.68. The molecule has 1 aromatic carbocycles. The molecule has 0 amide bonds. The number of hydrogen-bond acceptors (Lipinski definition) is 2. The highest BCUT2D eigenvalue weighted by atomic mass is 15.3. The highest BCUT2D eigenvalue weighted by molar-refractivity contribution is 5.82. The molecule has 0 bridgehead atoms. The molecule has 1 aliphatic heterocycles. The molecule has 0 aliphatic carbocycles. The van der Waals surface area contributed by atoms with Gasteiger partial charge in [-0.1, -0.05) is 24.6 Å². The van der Waals surface area contributed by atoms with Gasteiger partial charge in [0.1, 0.15) is 0 Å². The molecule has 3 nitrogen and oxygen atoms in total. The molecular formula is C16H23N3. The van der Waals surface area contributed by atoms with Crippen LogP contribution in [0.3, 0.4) is 0 Å². The van der Waals surface area contributed by atoms with Crippen LogP contribution in [0.4, 0.5) is 0 Å². The third-order valence-electron chi connectivity index (χ3n) is 4.18. The maximum atomic E-state index is 4.80. The molecule has 2 heterocycles. The molecule has 0 spiro atoms. The molecule has 0 radical (unpaired) electrons. The summed E-state index contributed by atoms with van der Waals surface area (Å²) in [6.45, 7) is 5.38. The molecule has 1 aliphatic rings. The van der Waals surface area contributed by atoms with Crippen LogP contribution < -0.4 is 5.32 Å². The van der Waals surface area contributed by atoms with Crippen molar-refractivity contribution in [2.24, 2.45) is 0 Å². The Balaban J connectivity index is 1.88. The van der Waals surface area contributed by atoms with Crippen LogP contribution >= 0.6 is 0 Å². The van der Waals surface area contributed by atoms with E-state index < -0.39 is 0 Å². The summed E-state index contributed by atoms with van der Waals surface area (Å²) in [6.07, 6.45) is 4.97. The maximum absolute atomic E-state index is 4.80. The van der Waals surface area contributed by atoms with Crippen molar-refractivity contribution in [2.75, 3.05) is 0 Å². The number of aromatic nitrogens is 2. The van der Waals surface area contributed by atoms with E-state index in [1.54, 1.807) is 0 Å². The van der Waals surface area contributed by atoms with Gasteiger partial charge in [0, 0.05) is 30.4 Å². The molecule has 2 unspecified atom stereocenters. The molecule has 2 atom stereocenters. The van der Waals surface area contributed by atoms with Crippen LogP contribution in [0.25, 0.3) is 10.9 Å². The molecule has 3 rings (SSSR count). The summed E-state index contributed by atoms with van der Waals surface area (Å²) in [5.41, 5.74) is 2.52. The van der Waals surface area contributed by atoms with Crippen molar-refractivity contribution in [1.82, 2.24) is 15.1 Å². The van der Waals surface area contributed by atoms with E-state index in [0.29, 0.717) is 12.1 Å². The van der Waals surface area contributed by atoms with Gasteiger partial charge in [-0.3, -0.25) is 4.68 Å². The van der Waals surface area contributed by atoms with E-state index in [4.69, 9.17) is 5.10 Å². The first-order chi connectivity index (χ1) is 9.28. The summed E-state index contributed by atoms with van der Waals surface area (Å²) >= 11 is 0. The minimum Gasteiger partial charge on any atom is -0.311 e. The summed E-state index contributed by atoms with van der Waals surface area (Å²) in [4.78, 5) is 0. The van der Waals surface area contributed by atoms with Crippen molar-refractivity contribution >= 4 is 10.9 Å². The Kier molecular flexibility index (Phi) is 3.56. The number of fused-ring (bicyclic) bond motifs is 1. The van der Waals surface area contributed by atoms with Gasteiger partial charge in [0.15, 0.2) is 0 Å². The van der Waals surface area contributed by atoms with Crippen LogP contribution in [0.1, 0.15) is 38.8 Å². The predicted molar refractivity (Wildman–Crippen MR) is 79.3 cm³/mol. The first kappa shape index (κ1) is 12.7. The number of benzene rings is 1. The standard InChI is InChI=1S/C16H23N3/c1-3-19-16-10-5-4-9-14(16)15(18-19)11-13-8-6-7-12(2)17-13/h4-5,9-10,12-13,17H,3,6-8,11H2,1-2H3. The summed E-state index contributed by atoms with van der Waals surface area (Å²) in [7, 11) is 0. The van der Waals surface area contributed by atoms with Crippen LogP contribution in [0.15, 0.2) is 24.3 Å². The van der Waals surface area contributed by atoms with Crippen molar-refractivity contribution in [3.8, 4) is 0 Å². The van der Waals surface area contributed by atoms with Crippen LogP contribution in [0.5, 0.6) is 0 Å². The fourth-order valence-electron chi connectivity index (χ4n) is 3.22. The zero-order valence-corrected chi connectivity index (χ0v) is 11.9. The molecule has 3 heteroatoms. The van der Waals surface area contributed by atoms with Gasteiger partial charge >= 0.3 is 0 Å². The number of para-hydroxylation sites is 1. The Labute approximate surface area is 115 Å². The zero-order valence-electron chi connectivity index (χ0n) is 11.9. The van der Waals surface area contributed by atoms with E-state index in [2.05, 4.69) is 48.1 Å². The fourth-order valence-corrected chi connectivity index (χ4v) is 3.22. The first-order valence-corrected chi connectivity index (χ1v) is 7.48. The quantitative estimate of drug-likeness (QED) is 0.915. The van der Waals surface area contributed by atoms with Crippen molar-refractivity contribution in [3.63, 3.8) is 0 Å². The Morgan fingerprint density at radius 1 is 1.32 bits per heavy atom. The van der Waals surface area contributed by atoms with E-state index in [1.165, 1.54) is 35.9 Å². The second-order valence-electron chi connectivity index (χ2n) is 5.68. The van der Waals surface area contributed by atoms with Gasteiger partial charge in [-0.2, -0.15) is 5.10 Å². The minimum atomic E-state index is 0.590. The van der Waals surface area contributed by atoms with E-state index in [1.807, 2.05) is 0 Å². The Morgan fingerprint density at radius 3 is 2.95 bits per heavy atom. The van der Waals surface area contributed by atoms with E-state index in [9.17, 15) is 0 Å². The molecule has 1 fully saturated rings. The van der Waals surface area contributed by atoms with Crippen LogP contribution in [0, 0.1) is 0 Å². The monoisotopic (exact) mass is 257 g/mol. The lowest BCUT2D eigenvalue weighted by Crippen LogP contribution is -2.41. The summed E-state index contributed by atoms with van der Waals surface area (Å²) in [5.74, 6) is 0. The molecule has 1 saturated heterocycles. The predicted octanol–water partition coefficient (Wildman–Crippen LogP) is 3.13. The van der Waals surface area contributed by atoms with Crippen LogP contribution in [-0.4, -0.2) is 21.9 Å². The van der Waals surface area contributed by atoms with Crippen LogP contribution in [0.2, 0.25) is 0 Å². The molecule has 2 aromatic rings. The van der Waals surface area contributed by atoms with Gasteiger partial charge < -0.3 is 5.32 Å². The highest BCUT2D eigenvalue weighted by Crippen LogP contribution is 2.22. The fraction of sp³-hybridized carbons (Fsp3) is 0.562. The third-order valence-corrected chi connectivity index (χ3v) is 4.18. The lowest BCUT2D eigenvalue weighted by molar-refractivity contribution is 0.332. The third kappa shape index (κ3) is 2.52. The summed E-state index contributed by atoms with van der Waals surface area (Å²) in [6, 6.07) is 9.83. The largest absolute Gasteiger partial charge is 0.311 e. The van der Waals surface area contributed by atoms with Crippen molar-refractivity contribution in [2.45, 2.75) is 58.2 Å². The first-order valence-electron chi connectivity index (χ1n) is 7.48. The van der Waals surface area contributed by atoms with E-state index in [0.717, 1.165) is 13.0 Å². The van der Waals surface area contributed by atoms with Gasteiger partial charge in [0.05, 0.1) is 11.2 Å². The van der Waals surface area contributed by atoms with Gasteiger partial charge in [0.2, 0.25) is 0 Å². The van der Waals surface area contributed by atoms with Gasteiger partial charge in [-0.15, -0.1) is 0 Å². The zero-order chi connectivity index (χ0) is 13.2. The second kappa shape index (κ2) is 5.33. The molecule has 19 heavy (non-hydrogen) atoms. The Hall–Kier alpha value is -1.35. The molecule has 102 valence electrons. The molecule has 0 saturated carbocycles. The van der Waals surface area contributed by atoms with E-state index >= 15 is 0 Å². The summed E-state index contributed by atoms with van der Waals surface area (Å²) in [5, 5.41) is 9.83. The SMILES string of the molecule is CCn1nc(CC2CCCC(C)N2)c2ccccc21. The van der Waals surface area contributed by atoms with Crippen molar-refractivity contribution in [1.29, 1.82) is 0 Å². The lowest BCUT2D eigenvalue weighted by atomic mass is 9.95. The van der Waals surface area contributed by atoms with Crippen molar-refractivity contribution < 1.29 is 0 Å². The number of hydrogen-bond donors (Lipinski definition) is 1. The van der Waals surface area contributed by atoms with Gasteiger partial charge in [0.25, 0.3) is 0 Å². The van der Waals surface area contributed by atoms with Gasteiger partial charge in [-0.05, 0) is 32.8 Å². The lowest BCUT2D eigenvalue weighted by Gasteiger charge is -2.28. The Bertz CT molecular complexity index is 558. The highest BCUT2D eigenvalue weighted by Gasteiger charge is 2.20. The minimum absolute atomic E-state index is 0.590. The average Bonchev–Trinajstić information content (AvgIpc) is 2.77.